The summed E-state index contributed by atoms with van der Waals surface area (Å²) in [5, 5.41) is 12.6. The second-order valence-corrected chi connectivity index (χ2v) is 4.94. The third-order valence-electron chi connectivity index (χ3n) is 3.77. The van der Waals surface area contributed by atoms with Gasteiger partial charge in [-0.2, -0.15) is 0 Å². The maximum atomic E-state index is 11.0. The highest BCUT2D eigenvalue weighted by atomic mass is 16.4. The first-order valence-electron chi connectivity index (χ1n) is 6.19. The molecule has 0 bridgehead atoms. The minimum absolute atomic E-state index is 0.389. The number of hydrogen-bond acceptors (Lipinski definition) is 2. The summed E-state index contributed by atoms with van der Waals surface area (Å²) in [6.07, 6.45) is 3.70. The molecule has 2 atom stereocenters. The molecule has 0 spiro atoms. The van der Waals surface area contributed by atoms with Gasteiger partial charge in [0.1, 0.15) is 0 Å². The van der Waals surface area contributed by atoms with Gasteiger partial charge in [0.25, 0.3) is 0 Å². The zero-order valence-corrected chi connectivity index (χ0v) is 10.4. The number of carboxylic acid groups (broad SMARTS) is 1. The molecule has 0 amide bonds. The van der Waals surface area contributed by atoms with Gasteiger partial charge < -0.3 is 10.4 Å². The molecule has 17 heavy (non-hydrogen) atoms. The molecule has 0 aromatic heterocycles. The predicted molar refractivity (Wildman–Crippen MR) is 68.6 cm³/mol. The van der Waals surface area contributed by atoms with Crippen LogP contribution in [0.3, 0.4) is 0 Å². The lowest BCUT2D eigenvalue weighted by molar-refractivity contribution is 0.0696. The first-order valence-corrected chi connectivity index (χ1v) is 6.19. The Morgan fingerprint density at radius 3 is 2.76 bits per heavy atom. The van der Waals surface area contributed by atoms with Crippen molar-refractivity contribution >= 4 is 11.7 Å². The number of hydrogen-bond donors (Lipinski definition) is 2. The number of anilines is 1. The van der Waals surface area contributed by atoms with Crippen molar-refractivity contribution in [3.05, 3.63) is 29.3 Å². The zero-order chi connectivity index (χ0) is 12.4. The molecule has 1 saturated carbocycles. The van der Waals surface area contributed by atoms with E-state index in [4.69, 9.17) is 5.11 Å². The molecule has 92 valence electrons. The van der Waals surface area contributed by atoms with Crippen LogP contribution in [0.5, 0.6) is 0 Å². The molecule has 1 fully saturated rings. The molecular formula is C14H19NO2. The van der Waals surface area contributed by atoms with Gasteiger partial charge in [-0.15, -0.1) is 0 Å². The number of benzene rings is 1. The van der Waals surface area contributed by atoms with Gasteiger partial charge in [-0.25, -0.2) is 4.79 Å². The largest absolute Gasteiger partial charge is 0.478 e. The monoisotopic (exact) mass is 233 g/mol. The fourth-order valence-corrected chi connectivity index (χ4v) is 2.58. The summed E-state index contributed by atoms with van der Waals surface area (Å²) in [4.78, 5) is 11.0. The number of rotatable bonds is 3. The quantitative estimate of drug-likeness (QED) is 0.842. The number of carboxylic acids is 1. The third-order valence-corrected chi connectivity index (χ3v) is 3.77. The summed E-state index contributed by atoms with van der Waals surface area (Å²) >= 11 is 0. The average molecular weight is 233 g/mol. The molecule has 1 aromatic rings. The molecule has 1 aliphatic carbocycles. The molecule has 1 aromatic carbocycles. The highest BCUT2D eigenvalue weighted by Crippen LogP contribution is 2.29. The smallest absolute Gasteiger partial charge is 0.336 e. The second kappa shape index (κ2) is 4.78. The van der Waals surface area contributed by atoms with Gasteiger partial charge in [-0.05, 0) is 43.4 Å². The van der Waals surface area contributed by atoms with Crippen LogP contribution in [0.25, 0.3) is 0 Å². The van der Waals surface area contributed by atoms with Crippen LogP contribution in [0.15, 0.2) is 18.2 Å². The normalized spacial score (nSPS) is 23.6. The molecule has 3 heteroatoms. The van der Waals surface area contributed by atoms with E-state index in [2.05, 4.69) is 12.2 Å². The maximum Gasteiger partial charge on any atom is 0.336 e. The fraction of sp³-hybridized carbons (Fsp3) is 0.500. The average Bonchev–Trinajstić information content (AvgIpc) is 2.67. The van der Waals surface area contributed by atoms with E-state index in [-0.39, 0.29) is 0 Å². The van der Waals surface area contributed by atoms with Crippen molar-refractivity contribution in [1.82, 2.24) is 0 Å². The highest BCUT2D eigenvalue weighted by molar-refractivity contribution is 5.91. The minimum Gasteiger partial charge on any atom is -0.478 e. The number of nitrogens with one attached hydrogen (secondary N) is 1. The van der Waals surface area contributed by atoms with Crippen LogP contribution in [-0.2, 0) is 0 Å². The maximum absolute atomic E-state index is 11.0. The van der Waals surface area contributed by atoms with Crippen molar-refractivity contribution in [3.63, 3.8) is 0 Å². The van der Waals surface area contributed by atoms with Gasteiger partial charge >= 0.3 is 5.97 Å². The van der Waals surface area contributed by atoms with Crippen LogP contribution in [0.2, 0.25) is 0 Å². The zero-order valence-electron chi connectivity index (χ0n) is 10.4. The second-order valence-electron chi connectivity index (χ2n) is 4.94. The van der Waals surface area contributed by atoms with Gasteiger partial charge in [0.05, 0.1) is 5.56 Å². The van der Waals surface area contributed by atoms with Gasteiger partial charge in [0.2, 0.25) is 0 Å². The Morgan fingerprint density at radius 1 is 1.41 bits per heavy atom. The number of aromatic carboxylic acids is 1. The van der Waals surface area contributed by atoms with Crippen LogP contribution < -0.4 is 5.32 Å². The Bertz CT molecular complexity index is 428. The van der Waals surface area contributed by atoms with Crippen molar-refractivity contribution in [3.8, 4) is 0 Å². The van der Waals surface area contributed by atoms with Crippen molar-refractivity contribution in [2.75, 3.05) is 5.32 Å². The molecule has 2 rings (SSSR count). The lowest BCUT2D eigenvalue weighted by Crippen LogP contribution is -2.22. The molecule has 0 saturated heterocycles. The van der Waals surface area contributed by atoms with Gasteiger partial charge in [-0.3, -0.25) is 0 Å². The van der Waals surface area contributed by atoms with Crippen LogP contribution in [-0.4, -0.2) is 17.1 Å². The summed E-state index contributed by atoms with van der Waals surface area (Å²) < 4.78 is 0. The van der Waals surface area contributed by atoms with E-state index in [0.717, 1.165) is 11.3 Å². The molecular weight excluding hydrogens is 214 g/mol. The van der Waals surface area contributed by atoms with E-state index in [0.29, 0.717) is 17.5 Å². The van der Waals surface area contributed by atoms with E-state index >= 15 is 0 Å². The van der Waals surface area contributed by atoms with Gasteiger partial charge in [-0.1, -0.05) is 19.4 Å². The van der Waals surface area contributed by atoms with E-state index in [9.17, 15) is 4.79 Å². The van der Waals surface area contributed by atoms with Crippen LogP contribution in [0.1, 0.15) is 42.1 Å². The van der Waals surface area contributed by atoms with Crippen molar-refractivity contribution in [2.45, 2.75) is 39.2 Å². The Hall–Kier alpha value is -1.51. The molecule has 1 aliphatic rings. The summed E-state index contributed by atoms with van der Waals surface area (Å²) in [7, 11) is 0. The van der Waals surface area contributed by atoms with E-state index in [1.165, 1.54) is 19.3 Å². The van der Waals surface area contributed by atoms with Crippen molar-refractivity contribution in [1.29, 1.82) is 0 Å². The Balaban J connectivity index is 2.21. The van der Waals surface area contributed by atoms with Crippen LogP contribution in [0, 0.1) is 12.8 Å². The minimum atomic E-state index is -0.856. The summed E-state index contributed by atoms with van der Waals surface area (Å²) in [5.74, 6) is -0.187. The third kappa shape index (κ3) is 2.43. The van der Waals surface area contributed by atoms with Crippen molar-refractivity contribution < 1.29 is 9.90 Å². The fourth-order valence-electron chi connectivity index (χ4n) is 2.58. The summed E-state index contributed by atoms with van der Waals surface area (Å²) in [6.45, 7) is 4.12. The summed E-state index contributed by atoms with van der Waals surface area (Å²) in [6, 6.07) is 5.91. The molecule has 2 unspecified atom stereocenters. The van der Waals surface area contributed by atoms with E-state index < -0.39 is 5.97 Å². The Kier molecular flexibility index (Phi) is 3.36. The molecule has 2 N–H and O–H groups in total. The number of carbonyl (C=O) groups is 1. The molecule has 0 radical (unpaired) electrons. The Labute approximate surface area is 102 Å². The van der Waals surface area contributed by atoms with Gasteiger partial charge in [0.15, 0.2) is 0 Å². The molecule has 3 nitrogen and oxygen atoms in total. The van der Waals surface area contributed by atoms with E-state index in [1.807, 2.05) is 13.0 Å². The van der Waals surface area contributed by atoms with Crippen LogP contribution in [0.4, 0.5) is 5.69 Å². The topological polar surface area (TPSA) is 49.3 Å². The molecule has 0 heterocycles. The molecule has 0 aliphatic heterocycles. The highest BCUT2D eigenvalue weighted by Gasteiger charge is 2.23. The van der Waals surface area contributed by atoms with Crippen molar-refractivity contribution in [2.24, 2.45) is 5.92 Å². The predicted octanol–water partition coefficient (Wildman–Crippen LogP) is 3.29. The Morgan fingerprint density at radius 2 is 2.18 bits per heavy atom. The lowest BCUT2D eigenvalue weighted by Gasteiger charge is -2.20. The first kappa shape index (κ1) is 12.0. The summed E-state index contributed by atoms with van der Waals surface area (Å²) in [5.41, 5.74) is 2.18. The standard InChI is InChI=1S/C14H19NO2/c1-9-5-3-7-12(9)15-13-8-4-6-11(10(13)2)14(16)17/h4,6,8-9,12,15H,3,5,7H2,1-2H3,(H,16,17). The van der Waals surface area contributed by atoms with Crippen LogP contribution >= 0.6 is 0 Å². The van der Waals surface area contributed by atoms with E-state index in [1.54, 1.807) is 12.1 Å². The lowest BCUT2D eigenvalue weighted by atomic mass is 10.0. The SMILES string of the molecule is Cc1c(NC2CCCC2C)cccc1C(=O)O. The first-order chi connectivity index (χ1) is 8.09. The van der Waals surface area contributed by atoms with Gasteiger partial charge in [0, 0.05) is 11.7 Å².